The van der Waals surface area contributed by atoms with Crippen LogP contribution in [0.3, 0.4) is 0 Å². The monoisotopic (exact) mass is 452 g/mol. The van der Waals surface area contributed by atoms with E-state index in [2.05, 4.69) is 20.6 Å². The Bertz CT molecular complexity index is 1120. The summed E-state index contributed by atoms with van der Waals surface area (Å²) in [5.74, 6) is -3.51. The highest BCUT2D eigenvalue weighted by molar-refractivity contribution is 5.92. The number of aromatic nitrogens is 2. The molecule has 3 atom stereocenters. The molecule has 0 fully saturated rings. The van der Waals surface area contributed by atoms with Crippen LogP contribution in [0.4, 0.5) is 4.39 Å². The molecule has 0 saturated carbocycles. The lowest BCUT2D eigenvalue weighted by Gasteiger charge is -2.20. The van der Waals surface area contributed by atoms with E-state index in [1.54, 1.807) is 31.2 Å². The first-order chi connectivity index (χ1) is 15.8. The maximum Gasteiger partial charge on any atom is 0.326 e. The number of hydrogen-bond acceptors (Lipinski definition) is 4. The molecule has 0 spiro atoms. The minimum atomic E-state index is -1.21. The standard InChI is InChI=1S/C24H25FN4O4/c1-14(17-8-9-19(20(25)10-17)16-6-4-3-5-7-16)22(30)28-15(2)23(31)29-21(24(32)33)11-18-12-26-13-27-18/h3-10,12-15,21H,11H2,1-2H3,(H,26,27)(H,28,30)(H,29,31)(H,32,33)/t14?,15-,21-/m0/s1. The summed E-state index contributed by atoms with van der Waals surface area (Å²) in [7, 11) is 0. The highest BCUT2D eigenvalue weighted by Gasteiger charge is 2.26. The number of halogens is 1. The quantitative estimate of drug-likeness (QED) is 0.397. The van der Waals surface area contributed by atoms with Crippen LogP contribution in [-0.4, -0.2) is 44.9 Å². The topological polar surface area (TPSA) is 124 Å². The molecule has 0 aliphatic heterocycles. The Labute approximate surface area is 190 Å². The Hall–Kier alpha value is -4.01. The third-order valence-corrected chi connectivity index (χ3v) is 5.32. The molecular weight excluding hydrogens is 427 g/mol. The van der Waals surface area contributed by atoms with Crippen LogP contribution in [0.5, 0.6) is 0 Å². The van der Waals surface area contributed by atoms with Crippen LogP contribution in [0.2, 0.25) is 0 Å². The van der Waals surface area contributed by atoms with E-state index in [9.17, 15) is 23.9 Å². The van der Waals surface area contributed by atoms with E-state index in [-0.39, 0.29) is 6.42 Å². The Morgan fingerprint density at radius 3 is 2.39 bits per heavy atom. The Morgan fingerprint density at radius 1 is 1.06 bits per heavy atom. The number of carbonyl (C=O) groups excluding carboxylic acids is 2. The van der Waals surface area contributed by atoms with Gasteiger partial charge in [-0.05, 0) is 31.0 Å². The van der Waals surface area contributed by atoms with Crippen molar-refractivity contribution >= 4 is 17.8 Å². The molecule has 1 unspecified atom stereocenters. The second-order valence-electron chi connectivity index (χ2n) is 7.74. The van der Waals surface area contributed by atoms with E-state index in [0.717, 1.165) is 5.56 Å². The number of rotatable bonds is 9. The van der Waals surface area contributed by atoms with Gasteiger partial charge in [0.1, 0.15) is 17.9 Å². The molecule has 2 aromatic carbocycles. The zero-order valence-electron chi connectivity index (χ0n) is 18.2. The van der Waals surface area contributed by atoms with E-state index in [1.807, 2.05) is 18.2 Å². The lowest BCUT2D eigenvalue weighted by Crippen LogP contribution is -2.51. The number of imidazole rings is 1. The number of aliphatic carboxylic acids is 1. The summed E-state index contributed by atoms with van der Waals surface area (Å²) in [4.78, 5) is 43.2. The van der Waals surface area contributed by atoms with Gasteiger partial charge in [0.25, 0.3) is 0 Å². The first kappa shape index (κ1) is 23.6. The minimum Gasteiger partial charge on any atom is -0.480 e. The van der Waals surface area contributed by atoms with Crippen molar-refractivity contribution in [2.45, 2.75) is 38.3 Å². The number of aromatic amines is 1. The predicted octanol–water partition coefficient (Wildman–Crippen LogP) is 2.64. The fourth-order valence-corrected chi connectivity index (χ4v) is 3.32. The maximum atomic E-state index is 14.7. The average molecular weight is 452 g/mol. The molecule has 3 aromatic rings. The van der Waals surface area contributed by atoms with Gasteiger partial charge in [-0.3, -0.25) is 9.59 Å². The molecule has 3 rings (SSSR count). The van der Waals surface area contributed by atoms with Crippen LogP contribution < -0.4 is 10.6 Å². The Kier molecular flexibility index (Phi) is 7.55. The lowest BCUT2D eigenvalue weighted by atomic mass is 9.96. The normalized spacial score (nSPS) is 13.5. The summed E-state index contributed by atoms with van der Waals surface area (Å²) in [5, 5.41) is 14.4. The van der Waals surface area contributed by atoms with Gasteiger partial charge in [0.2, 0.25) is 11.8 Å². The molecule has 33 heavy (non-hydrogen) atoms. The maximum absolute atomic E-state index is 14.7. The molecule has 0 aliphatic rings. The second kappa shape index (κ2) is 10.5. The molecule has 0 radical (unpaired) electrons. The van der Waals surface area contributed by atoms with Crippen molar-refractivity contribution in [1.29, 1.82) is 0 Å². The van der Waals surface area contributed by atoms with Crippen LogP contribution in [0, 0.1) is 5.82 Å². The molecule has 2 amide bonds. The molecule has 1 aromatic heterocycles. The Balaban J connectivity index is 1.62. The number of carbonyl (C=O) groups is 3. The third kappa shape index (κ3) is 6.03. The molecule has 4 N–H and O–H groups in total. The number of carboxylic acids is 1. The zero-order valence-corrected chi connectivity index (χ0v) is 18.2. The van der Waals surface area contributed by atoms with E-state index in [1.165, 1.54) is 25.5 Å². The summed E-state index contributed by atoms with van der Waals surface area (Å²) >= 11 is 0. The summed E-state index contributed by atoms with van der Waals surface area (Å²) in [6, 6.07) is 11.5. The van der Waals surface area contributed by atoms with Gasteiger partial charge in [0.15, 0.2) is 0 Å². The second-order valence-corrected chi connectivity index (χ2v) is 7.74. The van der Waals surface area contributed by atoms with Crippen molar-refractivity contribution in [1.82, 2.24) is 20.6 Å². The average Bonchev–Trinajstić information content (AvgIpc) is 3.31. The summed E-state index contributed by atoms with van der Waals surface area (Å²) in [6.07, 6.45) is 2.90. The van der Waals surface area contributed by atoms with Crippen molar-refractivity contribution in [3.8, 4) is 11.1 Å². The predicted molar refractivity (Wildman–Crippen MR) is 120 cm³/mol. The van der Waals surface area contributed by atoms with Gasteiger partial charge < -0.3 is 20.7 Å². The first-order valence-corrected chi connectivity index (χ1v) is 10.4. The van der Waals surface area contributed by atoms with E-state index in [0.29, 0.717) is 16.8 Å². The van der Waals surface area contributed by atoms with Crippen molar-refractivity contribution in [3.05, 3.63) is 78.1 Å². The van der Waals surface area contributed by atoms with Crippen LogP contribution in [0.25, 0.3) is 11.1 Å². The third-order valence-electron chi connectivity index (χ3n) is 5.32. The van der Waals surface area contributed by atoms with Gasteiger partial charge >= 0.3 is 5.97 Å². The van der Waals surface area contributed by atoms with Crippen LogP contribution in [0.15, 0.2) is 61.1 Å². The molecule has 0 saturated heterocycles. The number of H-pyrrole nitrogens is 1. The zero-order chi connectivity index (χ0) is 24.0. The largest absolute Gasteiger partial charge is 0.480 e. The van der Waals surface area contributed by atoms with E-state index in [4.69, 9.17) is 0 Å². The molecule has 0 aliphatic carbocycles. The lowest BCUT2D eigenvalue weighted by molar-refractivity contribution is -0.142. The summed E-state index contributed by atoms with van der Waals surface area (Å²) in [5.41, 5.74) is 2.16. The number of nitrogens with one attached hydrogen (secondary N) is 3. The van der Waals surface area contributed by atoms with Gasteiger partial charge in [-0.2, -0.15) is 0 Å². The number of carboxylic acid groups (broad SMARTS) is 1. The van der Waals surface area contributed by atoms with Crippen molar-refractivity contribution < 1.29 is 23.9 Å². The van der Waals surface area contributed by atoms with Crippen LogP contribution >= 0.6 is 0 Å². The number of hydrogen-bond donors (Lipinski definition) is 4. The highest BCUT2D eigenvalue weighted by Crippen LogP contribution is 2.26. The van der Waals surface area contributed by atoms with Gasteiger partial charge in [0, 0.05) is 23.9 Å². The van der Waals surface area contributed by atoms with Crippen molar-refractivity contribution in [3.63, 3.8) is 0 Å². The van der Waals surface area contributed by atoms with Gasteiger partial charge in [-0.15, -0.1) is 0 Å². The highest BCUT2D eigenvalue weighted by atomic mass is 19.1. The summed E-state index contributed by atoms with van der Waals surface area (Å²) in [6.45, 7) is 3.06. The van der Waals surface area contributed by atoms with Crippen molar-refractivity contribution in [2.24, 2.45) is 0 Å². The molecule has 8 nitrogen and oxygen atoms in total. The smallest absolute Gasteiger partial charge is 0.326 e. The fourth-order valence-electron chi connectivity index (χ4n) is 3.32. The fraction of sp³-hybridized carbons (Fsp3) is 0.250. The van der Waals surface area contributed by atoms with Crippen molar-refractivity contribution in [2.75, 3.05) is 0 Å². The Morgan fingerprint density at radius 2 is 1.79 bits per heavy atom. The molecular formula is C24H25FN4O4. The number of benzene rings is 2. The minimum absolute atomic E-state index is 0.0190. The van der Waals surface area contributed by atoms with E-state index >= 15 is 0 Å². The SMILES string of the molecule is CC(C(=O)N[C@@H](C)C(=O)N[C@@H](Cc1cnc[nH]1)C(=O)O)c1ccc(-c2ccccc2)c(F)c1. The molecule has 172 valence electrons. The van der Waals surface area contributed by atoms with Crippen LogP contribution in [0.1, 0.15) is 31.0 Å². The van der Waals surface area contributed by atoms with Gasteiger partial charge in [-0.25, -0.2) is 14.2 Å². The van der Waals surface area contributed by atoms with E-state index < -0.39 is 41.6 Å². The first-order valence-electron chi connectivity index (χ1n) is 10.4. The van der Waals surface area contributed by atoms with Gasteiger partial charge in [-0.1, -0.05) is 42.5 Å². The molecule has 9 heteroatoms. The number of amides is 2. The molecule has 1 heterocycles. The number of nitrogens with zero attached hydrogens (tertiary/aromatic N) is 1. The summed E-state index contributed by atoms with van der Waals surface area (Å²) < 4.78 is 14.7. The molecule has 0 bridgehead atoms. The van der Waals surface area contributed by atoms with Crippen LogP contribution in [-0.2, 0) is 20.8 Å². The van der Waals surface area contributed by atoms with Gasteiger partial charge in [0.05, 0.1) is 12.2 Å².